The molecular weight excluding hydrogens is 601 g/mol. The minimum absolute atomic E-state index is 0.163. The minimum Gasteiger partial charge on any atom is -0.0619 e. The van der Waals surface area contributed by atoms with Gasteiger partial charge in [0.1, 0.15) is 0 Å². The number of rotatable bonds is 1. The van der Waals surface area contributed by atoms with Crippen molar-refractivity contribution in [3.05, 3.63) is 213 Å². The highest BCUT2D eigenvalue weighted by atomic mass is 14.6. The Morgan fingerprint density at radius 1 is 0.360 bits per heavy atom. The van der Waals surface area contributed by atoms with Gasteiger partial charge >= 0.3 is 0 Å². The van der Waals surface area contributed by atoms with Gasteiger partial charge in [0.05, 0.1) is 10.8 Å². The van der Waals surface area contributed by atoms with Gasteiger partial charge < -0.3 is 0 Å². The average molecular weight is 637 g/mol. The summed E-state index contributed by atoms with van der Waals surface area (Å²) in [6.45, 7) is 7.43. The summed E-state index contributed by atoms with van der Waals surface area (Å²) in [5, 5.41) is 0. The summed E-state index contributed by atoms with van der Waals surface area (Å²) in [6, 6.07) is 59.7. The van der Waals surface area contributed by atoms with Crippen LogP contribution in [0.1, 0.15) is 87.9 Å². The van der Waals surface area contributed by atoms with Crippen LogP contribution in [0.2, 0.25) is 0 Å². The molecule has 50 heavy (non-hydrogen) atoms. The van der Waals surface area contributed by atoms with Gasteiger partial charge in [0.25, 0.3) is 0 Å². The first-order valence-electron chi connectivity index (χ1n) is 18.4. The summed E-state index contributed by atoms with van der Waals surface area (Å²) in [5.74, 6) is 0.674. The van der Waals surface area contributed by atoms with Gasteiger partial charge in [-0.3, -0.25) is 0 Å². The highest BCUT2D eigenvalue weighted by molar-refractivity contribution is 5.96. The van der Waals surface area contributed by atoms with E-state index < -0.39 is 10.8 Å². The van der Waals surface area contributed by atoms with Gasteiger partial charge in [-0.1, -0.05) is 166 Å². The molecule has 4 bridgehead atoms. The third-order valence-corrected chi connectivity index (χ3v) is 13.9. The topological polar surface area (TPSA) is 0 Å². The van der Waals surface area contributed by atoms with E-state index in [1.807, 2.05) is 0 Å². The number of hydrogen-bond donors (Lipinski definition) is 0. The summed E-state index contributed by atoms with van der Waals surface area (Å²) in [4.78, 5) is 0. The second-order valence-corrected chi connectivity index (χ2v) is 15.7. The van der Waals surface area contributed by atoms with Crippen LogP contribution in [0.3, 0.4) is 0 Å². The fraction of sp³-hybridized carbons (Fsp3) is 0.160. The van der Waals surface area contributed by atoms with E-state index in [9.17, 15) is 0 Å². The maximum atomic E-state index is 2.74. The van der Waals surface area contributed by atoms with Gasteiger partial charge in [0.15, 0.2) is 0 Å². The maximum absolute atomic E-state index is 2.74. The molecule has 7 aromatic rings. The Morgan fingerprint density at radius 2 is 0.780 bits per heavy atom. The summed E-state index contributed by atoms with van der Waals surface area (Å²) < 4.78 is 0. The van der Waals surface area contributed by atoms with Crippen molar-refractivity contribution >= 4 is 0 Å². The van der Waals surface area contributed by atoms with E-state index in [-0.39, 0.29) is 11.3 Å². The fourth-order valence-electron chi connectivity index (χ4n) is 12.2. The van der Waals surface area contributed by atoms with E-state index >= 15 is 0 Å². The Bertz CT molecular complexity index is 2620. The molecule has 12 rings (SSSR count). The maximum Gasteiger partial charge on any atom is 0.0720 e. The third kappa shape index (κ3) is 2.65. The van der Waals surface area contributed by atoms with Crippen molar-refractivity contribution in [2.24, 2.45) is 5.92 Å². The van der Waals surface area contributed by atoms with Crippen molar-refractivity contribution in [1.82, 2.24) is 0 Å². The average Bonchev–Trinajstić information content (AvgIpc) is 3.74. The lowest BCUT2D eigenvalue weighted by Crippen LogP contribution is -2.44. The molecule has 0 nitrogen and oxygen atoms in total. The molecular formula is C50H36. The number of fused-ring (bicyclic) bond motifs is 14. The monoisotopic (exact) mass is 636 g/mol. The highest BCUT2D eigenvalue weighted by Crippen LogP contribution is 2.70. The van der Waals surface area contributed by atoms with Crippen molar-refractivity contribution in [2.45, 2.75) is 42.9 Å². The number of hydrogen-bond acceptors (Lipinski definition) is 0. The molecule has 2 spiro atoms. The van der Waals surface area contributed by atoms with Crippen molar-refractivity contribution in [3.63, 3.8) is 0 Å². The highest BCUT2D eigenvalue weighted by Gasteiger charge is 2.61. The molecule has 3 unspecified atom stereocenters. The molecule has 0 aromatic heterocycles. The van der Waals surface area contributed by atoms with Crippen LogP contribution in [0.5, 0.6) is 0 Å². The molecule has 0 heterocycles. The summed E-state index contributed by atoms with van der Waals surface area (Å²) in [7, 11) is 0. The molecule has 7 aromatic carbocycles. The van der Waals surface area contributed by atoms with E-state index in [1.54, 1.807) is 0 Å². The molecule has 5 aliphatic rings. The van der Waals surface area contributed by atoms with Gasteiger partial charge in [-0.25, -0.2) is 0 Å². The zero-order chi connectivity index (χ0) is 33.1. The van der Waals surface area contributed by atoms with Crippen LogP contribution in [0.25, 0.3) is 33.4 Å². The van der Waals surface area contributed by atoms with Crippen LogP contribution in [-0.4, -0.2) is 0 Å². The lowest BCUT2D eigenvalue weighted by molar-refractivity contribution is 0.324. The molecule has 0 saturated heterocycles. The van der Waals surface area contributed by atoms with Crippen molar-refractivity contribution in [2.75, 3.05) is 0 Å². The van der Waals surface area contributed by atoms with E-state index in [1.165, 1.54) is 94.6 Å². The first-order valence-corrected chi connectivity index (χ1v) is 18.4. The van der Waals surface area contributed by atoms with E-state index in [0.717, 1.165) is 0 Å². The Kier molecular flexibility index (Phi) is 4.83. The quantitative estimate of drug-likeness (QED) is 0.168. The molecule has 0 heteroatoms. The molecule has 0 N–H and O–H groups in total. The largest absolute Gasteiger partial charge is 0.0720 e. The predicted octanol–water partition coefficient (Wildman–Crippen LogP) is 11.8. The van der Waals surface area contributed by atoms with Crippen LogP contribution >= 0.6 is 0 Å². The molecule has 236 valence electrons. The molecule has 0 aliphatic heterocycles. The molecule has 0 fully saturated rings. The van der Waals surface area contributed by atoms with Gasteiger partial charge in [0, 0.05) is 5.41 Å². The van der Waals surface area contributed by atoms with Crippen molar-refractivity contribution in [1.29, 1.82) is 0 Å². The van der Waals surface area contributed by atoms with Crippen LogP contribution in [0.15, 0.2) is 152 Å². The standard InChI is InChI=1S/C50H36/c1-29(2)48-30(3)31-24-25-36-34-16-6-11-21-41(34)50(44(36)26-31)43-23-13-12-22-42(43)49(39-19-9-4-14-32(39)33-15-5-10-20-40(33)49)46-27-37(45(48)28-47(46)50)35-17-7-8-18-38(35)48/h4-30H,1-3H3. The zero-order valence-electron chi connectivity index (χ0n) is 28.6. The molecule has 0 saturated carbocycles. The minimum atomic E-state index is -0.452. The predicted molar refractivity (Wildman–Crippen MR) is 204 cm³/mol. The lowest BCUT2D eigenvalue weighted by atomic mass is 9.52. The normalized spacial score (nSPS) is 22.6. The third-order valence-electron chi connectivity index (χ3n) is 13.9. The summed E-state index contributed by atoms with van der Waals surface area (Å²) in [5.41, 5.74) is 23.0. The van der Waals surface area contributed by atoms with E-state index in [0.29, 0.717) is 5.92 Å². The lowest BCUT2D eigenvalue weighted by Gasteiger charge is -2.49. The second-order valence-electron chi connectivity index (χ2n) is 15.7. The fourth-order valence-corrected chi connectivity index (χ4v) is 12.2. The van der Waals surface area contributed by atoms with Crippen LogP contribution in [-0.2, 0) is 16.2 Å². The Labute approximate surface area is 294 Å². The first kappa shape index (κ1) is 27.4. The smallest absolute Gasteiger partial charge is 0.0619 e. The van der Waals surface area contributed by atoms with E-state index in [2.05, 4.69) is 172 Å². The van der Waals surface area contributed by atoms with Crippen LogP contribution < -0.4 is 0 Å². The van der Waals surface area contributed by atoms with Crippen LogP contribution in [0.4, 0.5) is 0 Å². The summed E-state index contributed by atoms with van der Waals surface area (Å²) >= 11 is 0. The summed E-state index contributed by atoms with van der Waals surface area (Å²) in [6.07, 6.45) is 0. The molecule has 0 radical (unpaired) electrons. The Balaban J connectivity index is 1.39. The molecule has 0 amide bonds. The van der Waals surface area contributed by atoms with Gasteiger partial charge in [-0.2, -0.15) is 0 Å². The SMILES string of the molecule is CC(C)C12c3ccccc3-c3cc4c(cc31)C1(c3ccccc3-c3ccc(cc31)C2C)c1ccccc1C41c2ccccc2-c2ccccc21. The van der Waals surface area contributed by atoms with Crippen molar-refractivity contribution in [3.8, 4) is 33.4 Å². The first-order chi connectivity index (χ1) is 24.5. The van der Waals surface area contributed by atoms with E-state index in [4.69, 9.17) is 0 Å². The van der Waals surface area contributed by atoms with Gasteiger partial charge in [-0.05, 0) is 112 Å². The zero-order valence-corrected chi connectivity index (χ0v) is 28.6. The Morgan fingerprint density at radius 3 is 1.32 bits per heavy atom. The Hall–Kier alpha value is -5.46. The second kappa shape index (κ2) is 8.82. The molecule has 5 aliphatic carbocycles. The molecule has 3 atom stereocenters. The van der Waals surface area contributed by atoms with Crippen LogP contribution in [0, 0.1) is 5.92 Å². The number of benzene rings is 7. The van der Waals surface area contributed by atoms with Crippen molar-refractivity contribution < 1.29 is 0 Å². The van der Waals surface area contributed by atoms with Gasteiger partial charge in [-0.15, -0.1) is 0 Å². The van der Waals surface area contributed by atoms with Gasteiger partial charge in [0.2, 0.25) is 0 Å².